The van der Waals surface area contributed by atoms with Crippen LogP contribution in [0.15, 0.2) is 16.7 Å². The summed E-state index contributed by atoms with van der Waals surface area (Å²) in [5, 5.41) is 7.89. The van der Waals surface area contributed by atoms with Crippen LogP contribution < -0.4 is 11.1 Å². The van der Waals surface area contributed by atoms with Crippen molar-refractivity contribution in [1.82, 2.24) is 15.5 Å². The van der Waals surface area contributed by atoms with Gasteiger partial charge in [-0.25, -0.2) is 4.98 Å². The van der Waals surface area contributed by atoms with Gasteiger partial charge in [-0.15, -0.1) is 23.7 Å². The summed E-state index contributed by atoms with van der Waals surface area (Å²) < 4.78 is 5.40. The summed E-state index contributed by atoms with van der Waals surface area (Å²) in [4.78, 5) is 20.1. The number of carbonyl (C=O) groups excluding carboxylic acids is 1. The Hall–Kier alpha value is -1.96. The molecular formula is C20H25ClN4O2S. The number of nitrogens with two attached hydrogens (primary N) is 1. The van der Waals surface area contributed by atoms with Crippen molar-refractivity contribution < 1.29 is 9.32 Å². The number of hydrogen-bond donors (Lipinski definition) is 2. The van der Waals surface area contributed by atoms with Gasteiger partial charge < -0.3 is 15.6 Å². The fraction of sp³-hybridized carbons (Fsp3) is 0.450. The van der Waals surface area contributed by atoms with Crippen molar-refractivity contribution in [2.24, 2.45) is 5.73 Å². The molecule has 0 atom stereocenters. The molecule has 3 heterocycles. The van der Waals surface area contributed by atoms with E-state index in [-0.39, 0.29) is 30.4 Å². The molecule has 1 aliphatic rings. The quantitative estimate of drug-likeness (QED) is 0.658. The molecule has 1 fully saturated rings. The van der Waals surface area contributed by atoms with E-state index in [2.05, 4.69) is 35.4 Å². The van der Waals surface area contributed by atoms with E-state index in [0.29, 0.717) is 22.4 Å². The monoisotopic (exact) mass is 420 g/mol. The molecule has 4 rings (SSSR count). The molecule has 8 heteroatoms. The first-order valence-corrected chi connectivity index (χ1v) is 10.1. The third-order valence-electron chi connectivity index (χ3n) is 5.29. The van der Waals surface area contributed by atoms with E-state index in [1.54, 1.807) is 11.3 Å². The van der Waals surface area contributed by atoms with Crippen molar-refractivity contribution >= 4 is 40.8 Å². The van der Waals surface area contributed by atoms with Gasteiger partial charge in [0.2, 0.25) is 0 Å². The standard InChI is InChI=1S/C20H24N4O2S.ClH/c1-10-8-15(12(3)27-10)17-9-16(18-11(2)24-26-20(18)23-17)19(25)22-14-6-4-13(21)5-7-14;/h8-9,13-14H,4-7,21H2,1-3H3,(H,22,25);1H. The molecule has 150 valence electrons. The van der Waals surface area contributed by atoms with Crippen LogP contribution in [0.2, 0.25) is 0 Å². The second-order valence-corrected chi connectivity index (χ2v) is 8.88. The highest BCUT2D eigenvalue weighted by Gasteiger charge is 2.24. The van der Waals surface area contributed by atoms with Crippen LogP contribution in [-0.2, 0) is 0 Å². The van der Waals surface area contributed by atoms with Gasteiger partial charge in [0.15, 0.2) is 0 Å². The second-order valence-electron chi connectivity index (χ2n) is 7.42. The van der Waals surface area contributed by atoms with Crippen LogP contribution in [-0.4, -0.2) is 28.1 Å². The van der Waals surface area contributed by atoms with Crippen LogP contribution in [0.25, 0.3) is 22.4 Å². The average molecular weight is 421 g/mol. The normalized spacial score (nSPS) is 19.4. The molecule has 3 aromatic rings. The van der Waals surface area contributed by atoms with Crippen LogP contribution in [0.5, 0.6) is 0 Å². The highest BCUT2D eigenvalue weighted by atomic mass is 35.5. The number of aryl methyl sites for hydroxylation is 3. The van der Waals surface area contributed by atoms with Crippen LogP contribution >= 0.6 is 23.7 Å². The summed E-state index contributed by atoms with van der Waals surface area (Å²) in [6.07, 6.45) is 3.72. The van der Waals surface area contributed by atoms with Crippen molar-refractivity contribution in [2.75, 3.05) is 0 Å². The fourth-order valence-electron chi connectivity index (χ4n) is 3.82. The van der Waals surface area contributed by atoms with Gasteiger partial charge in [-0.05, 0) is 58.6 Å². The van der Waals surface area contributed by atoms with Crippen molar-refractivity contribution in [2.45, 2.75) is 58.5 Å². The zero-order valence-corrected chi connectivity index (χ0v) is 17.9. The van der Waals surface area contributed by atoms with E-state index in [9.17, 15) is 4.79 Å². The lowest BCUT2D eigenvalue weighted by atomic mass is 9.91. The Labute approximate surface area is 174 Å². The Morgan fingerprint density at radius 1 is 1.21 bits per heavy atom. The van der Waals surface area contributed by atoms with Gasteiger partial charge in [-0.2, -0.15) is 0 Å². The van der Waals surface area contributed by atoms with Crippen LogP contribution in [0.3, 0.4) is 0 Å². The first-order valence-electron chi connectivity index (χ1n) is 9.33. The molecule has 0 aromatic carbocycles. The first-order chi connectivity index (χ1) is 12.9. The topological polar surface area (TPSA) is 94.0 Å². The number of fused-ring (bicyclic) bond motifs is 1. The van der Waals surface area contributed by atoms with Crippen molar-refractivity contribution in [1.29, 1.82) is 0 Å². The fourth-order valence-corrected chi connectivity index (χ4v) is 4.76. The van der Waals surface area contributed by atoms with Crippen LogP contribution in [0.4, 0.5) is 0 Å². The summed E-state index contributed by atoms with van der Waals surface area (Å²) in [5.41, 5.74) is 9.42. The number of thiophene rings is 1. The number of rotatable bonds is 3. The Morgan fingerprint density at radius 2 is 1.93 bits per heavy atom. The number of nitrogens with zero attached hydrogens (tertiary/aromatic N) is 2. The lowest BCUT2D eigenvalue weighted by molar-refractivity contribution is 0.0927. The summed E-state index contributed by atoms with van der Waals surface area (Å²) in [7, 11) is 0. The number of carbonyl (C=O) groups is 1. The predicted molar refractivity (Wildman–Crippen MR) is 114 cm³/mol. The first kappa shape index (κ1) is 20.8. The zero-order valence-electron chi connectivity index (χ0n) is 16.2. The SMILES string of the molecule is Cc1cc(-c2cc(C(=O)NC3CCC(N)CC3)c3c(C)noc3n2)c(C)s1.Cl. The molecule has 28 heavy (non-hydrogen) atoms. The van der Waals surface area contributed by atoms with Crippen molar-refractivity contribution in [3.05, 3.63) is 33.1 Å². The van der Waals surface area contributed by atoms with E-state index < -0.39 is 0 Å². The Balaban J connectivity index is 0.00000225. The molecule has 1 saturated carbocycles. The van der Waals surface area contributed by atoms with E-state index in [1.807, 2.05) is 13.0 Å². The molecule has 1 amide bonds. The molecule has 0 aliphatic heterocycles. The maximum absolute atomic E-state index is 13.1. The summed E-state index contributed by atoms with van der Waals surface area (Å²) >= 11 is 1.72. The molecule has 0 radical (unpaired) electrons. The summed E-state index contributed by atoms with van der Waals surface area (Å²) in [6.45, 7) is 5.97. The molecule has 3 N–H and O–H groups in total. The molecular weight excluding hydrogens is 396 g/mol. The van der Waals surface area contributed by atoms with E-state index >= 15 is 0 Å². The van der Waals surface area contributed by atoms with Gasteiger partial charge in [0.25, 0.3) is 11.6 Å². The maximum atomic E-state index is 13.1. The van der Waals surface area contributed by atoms with Gasteiger partial charge in [0.05, 0.1) is 22.3 Å². The van der Waals surface area contributed by atoms with Gasteiger partial charge >= 0.3 is 0 Å². The second kappa shape index (κ2) is 8.19. The highest BCUT2D eigenvalue weighted by molar-refractivity contribution is 7.12. The van der Waals surface area contributed by atoms with Crippen LogP contribution in [0.1, 0.15) is 51.5 Å². The minimum absolute atomic E-state index is 0. The molecule has 3 aromatic heterocycles. The lowest BCUT2D eigenvalue weighted by Gasteiger charge is -2.26. The minimum Gasteiger partial charge on any atom is -0.349 e. The van der Waals surface area contributed by atoms with Crippen molar-refractivity contribution in [3.8, 4) is 11.3 Å². The number of amides is 1. The zero-order chi connectivity index (χ0) is 19.1. The van der Waals surface area contributed by atoms with Gasteiger partial charge in [0.1, 0.15) is 0 Å². The van der Waals surface area contributed by atoms with Crippen molar-refractivity contribution in [3.63, 3.8) is 0 Å². The third-order valence-corrected chi connectivity index (χ3v) is 6.25. The highest BCUT2D eigenvalue weighted by Crippen LogP contribution is 2.33. The van der Waals surface area contributed by atoms with Crippen LogP contribution in [0, 0.1) is 20.8 Å². The lowest BCUT2D eigenvalue weighted by Crippen LogP contribution is -2.40. The Kier molecular flexibility index (Phi) is 6.07. The number of aromatic nitrogens is 2. The van der Waals surface area contributed by atoms with Gasteiger partial charge in [-0.1, -0.05) is 5.16 Å². The largest absolute Gasteiger partial charge is 0.349 e. The Morgan fingerprint density at radius 3 is 2.57 bits per heavy atom. The third kappa shape index (κ3) is 3.92. The smallest absolute Gasteiger partial charge is 0.259 e. The van der Waals surface area contributed by atoms with Gasteiger partial charge in [-0.3, -0.25) is 4.79 Å². The molecule has 6 nitrogen and oxygen atoms in total. The Bertz CT molecular complexity index is 1010. The van der Waals surface area contributed by atoms with E-state index in [4.69, 9.17) is 10.3 Å². The maximum Gasteiger partial charge on any atom is 0.259 e. The van der Waals surface area contributed by atoms with E-state index in [0.717, 1.165) is 36.9 Å². The summed E-state index contributed by atoms with van der Waals surface area (Å²) in [5.74, 6) is -0.0972. The predicted octanol–water partition coefficient (Wildman–Crippen LogP) is 4.30. The number of hydrogen-bond acceptors (Lipinski definition) is 6. The molecule has 0 spiro atoms. The number of halogens is 1. The number of nitrogens with one attached hydrogen (secondary N) is 1. The molecule has 0 saturated heterocycles. The van der Waals surface area contributed by atoms with Gasteiger partial charge in [0, 0.05) is 27.4 Å². The molecule has 0 bridgehead atoms. The molecule has 1 aliphatic carbocycles. The minimum atomic E-state index is -0.0972. The number of pyridine rings is 1. The summed E-state index contributed by atoms with van der Waals surface area (Å²) in [6, 6.07) is 4.38. The van der Waals surface area contributed by atoms with E-state index in [1.165, 1.54) is 9.75 Å². The molecule has 0 unspecified atom stereocenters. The average Bonchev–Trinajstić information content (AvgIpc) is 3.18.